The summed E-state index contributed by atoms with van der Waals surface area (Å²) in [6.07, 6.45) is 2.37. The summed E-state index contributed by atoms with van der Waals surface area (Å²) >= 11 is 9.32. The summed E-state index contributed by atoms with van der Waals surface area (Å²) in [6, 6.07) is 5.52. The van der Waals surface area contributed by atoms with Crippen LogP contribution in [0.3, 0.4) is 0 Å². The molecular formula is C15H17ClN2OS2. The fraction of sp³-hybridized carbons (Fsp3) is 0.400. The van der Waals surface area contributed by atoms with Crippen molar-refractivity contribution in [3.8, 4) is 0 Å². The zero-order valence-corrected chi connectivity index (χ0v) is 14.1. The number of nitrogen functional groups attached to an aromatic ring is 1. The lowest BCUT2D eigenvalue weighted by molar-refractivity contribution is 0.0955. The lowest BCUT2D eigenvalue weighted by Crippen LogP contribution is -2.36. The van der Waals surface area contributed by atoms with E-state index in [-0.39, 0.29) is 10.7 Å². The Kier molecular flexibility index (Phi) is 4.08. The lowest BCUT2D eigenvalue weighted by Gasteiger charge is -2.22. The molecule has 0 spiro atoms. The van der Waals surface area contributed by atoms with Gasteiger partial charge in [0.15, 0.2) is 0 Å². The van der Waals surface area contributed by atoms with Crippen LogP contribution in [0.25, 0.3) is 10.1 Å². The standard InChI is InChI=1S/C15H17ClN2OS2/c1-15(5-2-6-20-15)8-18-14(19)13-12(17)10-4-3-9(16)7-11(10)21-13/h3-4,7H,2,5-6,8,17H2,1H3,(H,18,19). The highest BCUT2D eigenvalue weighted by Crippen LogP contribution is 2.38. The van der Waals surface area contributed by atoms with E-state index in [0.29, 0.717) is 22.1 Å². The molecule has 3 rings (SSSR count). The number of carbonyl (C=O) groups excluding carboxylic acids is 1. The van der Waals surface area contributed by atoms with Gasteiger partial charge in [-0.3, -0.25) is 4.79 Å². The molecule has 1 fully saturated rings. The molecule has 112 valence electrons. The van der Waals surface area contributed by atoms with Crippen LogP contribution < -0.4 is 11.1 Å². The van der Waals surface area contributed by atoms with E-state index in [0.717, 1.165) is 16.5 Å². The Morgan fingerprint density at radius 3 is 3.05 bits per heavy atom. The minimum atomic E-state index is -0.0847. The van der Waals surface area contributed by atoms with Crippen molar-refractivity contribution >= 4 is 56.4 Å². The molecule has 1 aromatic carbocycles. The Labute approximate surface area is 137 Å². The van der Waals surface area contributed by atoms with Crippen LogP contribution in [0.1, 0.15) is 29.4 Å². The second-order valence-electron chi connectivity index (χ2n) is 5.57. The van der Waals surface area contributed by atoms with Gasteiger partial charge >= 0.3 is 0 Å². The zero-order valence-electron chi connectivity index (χ0n) is 11.7. The van der Waals surface area contributed by atoms with Crippen LogP contribution in [0.2, 0.25) is 5.02 Å². The van der Waals surface area contributed by atoms with Crippen molar-refractivity contribution in [3.63, 3.8) is 0 Å². The van der Waals surface area contributed by atoms with Crippen molar-refractivity contribution in [2.45, 2.75) is 24.5 Å². The van der Waals surface area contributed by atoms with E-state index in [2.05, 4.69) is 12.2 Å². The molecule has 0 bridgehead atoms. The van der Waals surface area contributed by atoms with Crippen LogP contribution in [0.4, 0.5) is 5.69 Å². The van der Waals surface area contributed by atoms with E-state index >= 15 is 0 Å². The summed E-state index contributed by atoms with van der Waals surface area (Å²) < 4.78 is 1.11. The number of amides is 1. The number of hydrogen-bond donors (Lipinski definition) is 2. The van der Waals surface area contributed by atoms with Crippen molar-refractivity contribution in [3.05, 3.63) is 28.1 Å². The summed E-state index contributed by atoms with van der Waals surface area (Å²) in [5, 5.41) is 4.59. The first kappa shape index (κ1) is 15.0. The summed E-state index contributed by atoms with van der Waals surface area (Å²) in [5.74, 6) is 1.09. The Bertz CT molecular complexity index is 692. The molecule has 2 aromatic rings. The van der Waals surface area contributed by atoms with Crippen LogP contribution in [-0.2, 0) is 0 Å². The molecule has 0 saturated carbocycles. The van der Waals surface area contributed by atoms with Crippen molar-refractivity contribution in [1.82, 2.24) is 5.32 Å². The normalized spacial score (nSPS) is 21.8. The molecule has 1 aliphatic rings. The number of anilines is 1. The second kappa shape index (κ2) is 5.71. The molecule has 3 nitrogen and oxygen atoms in total. The van der Waals surface area contributed by atoms with Gasteiger partial charge in [0, 0.05) is 26.4 Å². The molecule has 2 heterocycles. The third kappa shape index (κ3) is 3.00. The van der Waals surface area contributed by atoms with Gasteiger partial charge in [0.05, 0.1) is 5.69 Å². The van der Waals surface area contributed by atoms with E-state index in [1.165, 1.54) is 23.5 Å². The van der Waals surface area contributed by atoms with E-state index in [1.54, 1.807) is 6.07 Å². The van der Waals surface area contributed by atoms with Gasteiger partial charge < -0.3 is 11.1 Å². The first-order valence-electron chi connectivity index (χ1n) is 6.88. The Hall–Kier alpha value is -0.910. The first-order valence-corrected chi connectivity index (χ1v) is 9.06. The fourth-order valence-electron chi connectivity index (χ4n) is 2.58. The van der Waals surface area contributed by atoms with Gasteiger partial charge in [0.2, 0.25) is 0 Å². The van der Waals surface area contributed by atoms with Crippen molar-refractivity contribution in [1.29, 1.82) is 0 Å². The number of hydrogen-bond acceptors (Lipinski definition) is 4. The maximum absolute atomic E-state index is 12.4. The SMILES string of the molecule is CC1(CNC(=O)c2sc3cc(Cl)ccc3c2N)CCCS1. The van der Waals surface area contributed by atoms with Gasteiger partial charge in [0.25, 0.3) is 5.91 Å². The second-order valence-corrected chi connectivity index (χ2v) is 8.74. The van der Waals surface area contributed by atoms with Crippen molar-refractivity contribution in [2.75, 3.05) is 18.0 Å². The van der Waals surface area contributed by atoms with Gasteiger partial charge in [-0.1, -0.05) is 11.6 Å². The monoisotopic (exact) mass is 340 g/mol. The molecule has 1 aliphatic heterocycles. The average Bonchev–Trinajstić information content (AvgIpc) is 3.01. The van der Waals surface area contributed by atoms with Gasteiger partial charge in [-0.25, -0.2) is 0 Å². The first-order chi connectivity index (χ1) is 9.98. The Morgan fingerprint density at radius 1 is 1.52 bits per heavy atom. The van der Waals surface area contributed by atoms with E-state index in [9.17, 15) is 4.79 Å². The summed E-state index contributed by atoms with van der Waals surface area (Å²) in [7, 11) is 0. The summed E-state index contributed by atoms with van der Waals surface area (Å²) in [5.41, 5.74) is 6.66. The third-order valence-electron chi connectivity index (χ3n) is 3.82. The molecule has 0 aliphatic carbocycles. The maximum atomic E-state index is 12.4. The van der Waals surface area contributed by atoms with Gasteiger partial charge in [-0.2, -0.15) is 11.8 Å². The smallest absolute Gasteiger partial charge is 0.263 e. The van der Waals surface area contributed by atoms with E-state index in [1.807, 2.05) is 23.9 Å². The predicted molar refractivity (Wildman–Crippen MR) is 93.7 cm³/mol. The number of fused-ring (bicyclic) bond motifs is 1. The van der Waals surface area contributed by atoms with Crippen LogP contribution in [0, 0.1) is 0 Å². The van der Waals surface area contributed by atoms with Crippen molar-refractivity contribution < 1.29 is 4.79 Å². The van der Waals surface area contributed by atoms with Gasteiger partial charge in [-0.05, 0) is 43.7 Å². The summed E-state index contributed by atoms with van der Waals surface area (Å²) in [4.78, 5) is 13.0. The van der Waals surface area contributed by atoms with Gasteiger partial charge in [-0.15, -0.1) is 11.3 Å². The van der Waals surface area contributed by atoms with E-state index in [4.69, 9.17) is 17.3 Å². The van der Waals surface area contributed by atoms with Crippen molar-refractivity contribution in [2.24, 2.45) is 0 Å². The quantitative estimate of drug-likeness (QED) is 0.882. The van der Waals surface area contributed by atoms with Crippen LogP contribution in [-0.4, -0.2) is 23.0 Å². The molecule has 0 radical (unpaired) electrons. The third-order valence-corrected chi connectivity index (χ3v) is 6.76. The molecule has 1 atom stereocenters. The van der Waals surface area contributed by atoms with Crippen LogP contribution >= 0.6 is 34.7 Å². The molecule has 6 heteroatoms. The molecule has 3 N–H and O–H groups in total. The fourth-order valence-corrected chi connectivity index (χ4v) is 5.14. The minimum absolute atomic E-state index is 0.0847. The summed E-state index contributed by atoms with van der Waals surface area (Å²) in [6.45, 7) is 2.89. The number of nitrogens with one attached hydrogen (secondary N) is 1. The molecule has 1 saturated heterocycles. The molecule has 21 heavy (non-hydrogen) atoms. The molecule has 1 unspecified atom stereocenters. The topological polar surface area (TPSA) is 55.1 Å². The Balaban J connectivity index is 1.79. The molecule has 1 amide bonds. The highest BCUT2D eigenvalue weighted by molar-refractivity contribution is 8.00. The minimum Gasteiger partial charge on any atom is -0.397 e. The number of carbonyl (C=O) groups is 1. The number of benzene rings is 1. The van der Waals surface area contributed by atoms with Gasteiger partial charge in [0.1, 0.15) is 4.88 Å². The average molecular weight is 341 g/mol. The van der Waals surface area contributed by atoms with Crippen LogP contribution in [0.15, 0.2) is 18.2 Å². The number of thiophene rings is 1. The highest BCUT2D eigenvalue weighted by atomic mass is 35.5. The maximum Gasteiger partial charge on any atom is 0.263 e. The largest absolute Gasteiger partial charge is 0.397 e. The number of nitrogens with two attached hydrogens (primary N) is 1. The van der Waals surface area contributed by atoms with E-state index < -0.39 is 0 Å². The Morgan fingerprint density at radius 2 is 2.33 bits per heavy atom. The number of halogens is 1. The lowest BCUT2D eigenvalue weighted by atomic mass is 10.1. The zero-order chi connectivity index (χ0) is 15.0. The highest BCUT2D eigenvalue weighted by Gasteiger charge is 2.30. The number of rotatable bonds is 3. The molecule has 1 aromatic heterocycles. The van der Waals surface area contributed by atoms with Crippen LogP contribution in [0.5, 0.6) is 0 Å². The molecular weight excluding hydrogens is 324 g/mol. The predicted octanol–water partition coefficient (Wildman–Crippen LogP) is 4.15. The number of thioether (sulfide) groups is 1.